The Morgan fingerprint density at radius 2 is 2.11 bits per heavy atom. The van der Waals surface area contributed by atoms with Crippen LogP contribution in [0, 0.1) is 0 Å². The molecule has 1 aliphatic rings. The SMILES string of the molecule is O=C1CCCc2ccccc2N1Cc1nnc(Cl)s1. The number of benzene rings is 1. The van der Waals surface area contributed by atoms with Crippen LogP contribution in [0.5, 0.6) is 0 Å². The number of para-hydroxylation sites is 1. The number of fused-ring (bicyclic) bond motifs is 1. The minimum Gasteiger partial charge on any atom is -0.305 e. The maximum absolute atomic E-state index is 12.2. The molecule has 0 fully saturated rings. The van der Waals surface area contributed by atoms with E-state index in [4.69, 9.17) is 11.6 Å². The van der Waals surface area contributed by atoms with Crippen LogP contribution >= 0.6 is 22.9 Å². The second-order valence-corrected chi connectivity index (χ2v) is 6.06. The van der Waals surface area contributed by atoms with E-state index in [1.165, 1.54) is 16.9 Å². The Kier molecular flexibility index (Phi) is 3.48. The molecular weight excluding hydrogens is 282 g/mol. The van der Waals surface area contributed by atoms with Crippen molar-refractivity contribution in [3.63, 3.8) is 0 Å². The van der Waals surface area contributed by atoms with Crippen molar-refractivity contribution >= 4 is 34.5 Å². The number of hydrogen-bond acceptors (Lipinski definition) is 4. The molecule has 2 heterocycles. The normalized spacial score (nSPS) is 15.2. The third-order valence-electron chi connectivity index (χ3n) is 3.16. The first-order chi connectivity index (χ1) is 9.24. The third kappa shape index (κ3) is 2.62. The van der Waals surface area contributed by atoms with Gasteiger partial charge in [-0.05, 0) is 36.1 Å². The highest BCUT2D eigenvalue weighted by molar-refractivity contribution is 7.15. The third-order valence-corrected chi connectivity index (χ3v) is 4.16. The van der Waals surface area contributed by atoms with Crippen LogP contribution in [-0.4, -0.2) is 16.1 Å². The molecule has 0 atom stereocenters. The van der Waals surface area contributed by atoms with Gasteiger partial charge in [-0.15, -0.1) is 10.2 Å². The topological polar surface area (TPSA) is 46.1 Å². The number of rotatable bonds is 2. The summed E-state index contributed by atoms with van der Waals surface area (Å²) in [7, 11) is 0. The van der Waals surface area contributed by atoms with E-state index >= 15 is 0 Å². The van der Waals surface area contributed by atoms with Gasteiger partial charge in [-0.1, -0.05) is 29.5 Å². The first kappa shape index (κ1) is 12.6. The Labute approximate surface area is 120 Å². The number of amides is 1. The lowest BCUT2D eigenvalue weighted by Crippen LogP contribution is -2.29. The van der Waals surface area contributed by atoms with Crippen LogP contribution in [0.15, 0.2) is 24.3 Å². The van der Waals surface area contributed by atoms with Crippen LogP contribution in [-0.2, 0) is 17.8 Å². The lowest BCUT2D eigenvalue weighted by molar-refractivity contribution is -0.118. The summed E-state index contributed by atoms with van der Waals surface area (Å²) in [6.45, 7) is 0.445. The molecule has 2 aromatic rings. The van der Waals surface area contributed by atoms with Crippen LogP contribution < -0.4 is 4.90 Å². The van der Waals surface area contributed by atoms with E-state index in [0.29, 0.717) is 17.4 Å². The zero-order chi connectivity index (χ0) is 13.2. The fourth-order valence-electron chi connectivity index (χ4n) is 2.29. The number of carbonyl (C=O) groups is 1. The standard InChI is InChI=1S/C13H12ClN3OS/c14-13-16-15-11(19-13)8-17-10-6-2-1-4-9(10)5-3-7-12(17)18/h1-2,4,6H,3,5,7-8H2. The molecule has 0 saturated carbocycles. The molecule has 0 spiro atoms. The van der Waals surface area contributed by atoms with E-state index in [-0.39, 0.29) is 5.91 Å². The van der Waals surface area contributed by atoms with Crippen LogP contribution in [0.1, 0.15) is 23.4 Å². The van der Waals surface area contributed by atoms with Gasteiger partial charge in [0.25, 0.3) is 0 Å². The molecule has 0 radical (unpaired) electrons. The molecule has 0 bridgehead atoms. The van der Waals surface area contributed by atoms with Crippen LogP contribution in [0.2, 0.25) is 4.47 Å². The summed E-state index contributed by atoms with van der Waals surface area (Å²) in [6.07, 6.45) is 2.40. The monoisotopic (exact) mass is 293 g/mol. The molecule has 0 saturated heterocycles. The summed E-state index contributed by atoms with van der Waals surface area (Å²) in [5, 5.41) is 8.53. The van der Waals surface area contributed by atoms with E-state index in [1.807, 2.05) is 18.2 Å². The van der Waals surface area contributed by atoms with Gasteiger partial charge in [0.15, 0.2) is 0 Å². The van der Waals surface area contributed by atoms with Crippen molar-refractivity contribution in [2.24, 2.45) is 0 Å². The Bertz CT molecular complexity index is 613. The Hall–Kier alpha value is -1.46. The highest BCUT2D eigenvalue weighted by Crippen LogP contribution is 2.29. The second-order valence-electron chi connectivity index (χ2n) is 4.41. The fourth-order valence-corrected chi connectivity index (χ4v) is 3.15. The van der Waals surface area contributed by atoms with Crippen molar-refractivity contribution in [3.05, 3.63) is 39.3 Å². The molecule has 1 amide bonds. The average molecular weight is 294 g/mol. The largest absolute Gasteiger partial charge is 0.305 e. The summed E-state index contributed by atoms with van der Waals surface area (Å²) in [5.41, 5.74) is 2.19. The average Bonchev–Trinajstić information content (AvgIpc) is 2.75. The summed E-state index contributed by atoms with van der Waals surface area (Å²) in [4.78, 5) is 14.0. The molecule has 3 rings (SSSR count). The van der Waals surface area contributed by atoms with Gasteiger partial charge >= 0.3 is 0 Å². The number of halogens is 1. The smallest absolute Gasteiger partial charge is 0.227 e. The molecule has 0 aliphatic carbocycles. The molecule has 19 heavy (non-hydrogen) atoms. The number of aromatic nitrogens is 2. The van der Waals surface area contributed by atoms with Crippen LogP contribution in [0.25, 0.3) is 0 Å². The Balaban J connectivity index is 1.95. The van der Waals surface area contributed by atoms with E-state index in [1.54, 1.807) is 4.90 Å². The minimum absolute atomic E-state index is 0.135. The summed E-state index contributed by atoms with van der Waals surface area (Å²) in [5.74, 6) is 0.135. The number of carbonyl (C=O) groups excluding carboxylic acids is 1. The first-order valence-corrected chi connectivity index (χ1v) is 7.29. The predicted molar refractivity (Wildman–Crippen MR) is 75.5 cm³/mol. The van der Waals surface area contributed by atoms with Crippen molar-refractivity contribution < 1.29 is 4.79 Å². The van der Waals surface area contributed by atoms with E-state index in [0.717, 1.165) is 23.5 Å². The van der Waals surface area contributed by atoms with Gasteiger partial charge in [-0.25, -0.2) is 0 Å². The highest BCUT2D eigenvalue weighted by atomic mass is 35.5. The molecule has 1 aromatic carbocycles. The van der Waals surface area contributed by atoms with E-state index in [9.17, 15) is 4.79 Å². The zero-order valence-corrected chi connectivity index (χ0v) is 11.7. The van der Waals surface area contributed by atoms with Crippen molar-refractivity contribution in [2.75, 3.05) is 4.90 Å². The molecular formula is C13H12ClN3OS. The predicted octanol–water partition coefficient (Wildman–Crippen LogP) is 3.06. The zero-order valence-electron chi connectivity index (χ0n) is 10.2. The summed E-state index contributed by atoms with van der Waals surface area (Å²) >= 11 is 7.10. The molecule has 0 N–H and O–H groups in total. The number of nitrogens with zero attached hydrogens (tertiary/aromatic N) is 3. The van der Waals surface area contributed by atoms with Crippen LogP contribution in [0.3, 0.4) is 0 Å². The van der Waals surface area contributed by atoms with Gasteiger partial charge in [0.1, 0.15) is 5.01 Å². The van der Waals surface area contributed by atoms with E-state index in [2.05, 4.69) is 16.3 Å². The molecule has 6 heteroatoms. The van der Waals surface area contributed by atoms with Crippen molar-refractivity contribution in [1.82, 2.24) is 10.2 Å². The Morgan fingerprint density at radius 1 is 1.26 bits per heavy atom. The second kappa shape index (κ2) is 5.27. The van der Waals surface area contributed by atoms with Crippen molar-refractivity contribution in [2.45, 2.75) is 25.8 Å². The molecule has 4 nitrogen and oxygen atoms in total. The molecule has 98 valence electrons. The van der Waals surface area contributed by atoms with Gasteiger partial charge in [0, 0.05) is 12.1 Å². The fraction of sp³-hybridized carbons (Fsp3) is 0.308. The lowest BCUT2D eigenvalue weighted by atomic mass is 10.1. The summed E-state index contributed by atoms with van der Waals surface area (Å²) < 4.78 is 0.408. The first-order valence-electron chi connectivity index (χ1n) is 6.10. The number of anilines is 1. The number of aryl methyl sites for hydroxylation is 1. The summed E-state index contributed by atoms with van der Waals surface area (Å²) in [6, 6.07) is 8.03. The number of hydrogen-bond donors (Lipinski definition) is 0. The minimum atomic E-state index is 0.135. The molecule has 1 aliphatic heterocycles. The van der Waals surface area contributed by atoms with Crippen molar-refractivity contribution in [3.8, 4) is 0 Å². The van der Waals surface area contributed by atoms with Gasteiger partial charge < -0.3 is 4.90 Å². The van der Waals surface area contributed by atoms with E-state index < -0.39 is 0 Å². The highest BCUT2D eigenvalue weighted by Gasteiger charge is 2.23. The Morgan fingerprint density at radius 3 is 2.89 bits per heavy atom. The quantitative estimate of drug-likeness (QED) is 0.855. The van der Waals surface area contributed by atoms with Crippen LogP contribution in [0.4, 0.5) is 5.69 Å². The lowest BCUT2D eigenvalue weighted by Gasteiger charge is -2.21. The van der Waals surface area contributed by atoms with Crippen molar-refractivity contribution in [1.29, 1.82) is 0 Å². The maximum Gasteiger partial charge on any atom is 0.227 e. The van der Waals surface area contributed by atoms with Gasteiger partial charge in [-0.2, -0.15) is 0 Å². The van der Waals surface area contributed by atoms with Gasteiger partial charge in [0.2, 0.25) is 10.4 Å². The van der Waals surface area contributed by atoms with Gasteiger partial charge in [0.05, 0.1) is 6.54 Å². The van der Waals surface area contributed by atoms with Gasteiger partial charge in [-0.3, -0.25) is 4.79 Å². The molecule has 0 unspecified atom stereocenters. The molecule has 1 aromatic heterocycles. The maximum atomic E-state index is 12.2.